The molecular weight excluding hydrogens is 350 g/mol. The first-order valence-electron chi connectivity index (χ1n) is 8.61. The normalized spacial score (nSPS) is 16.8. The van der Waals surface area contributed by atoms with E-state index < -0.39 is 0 Å². The average molecular weight is 373 g/mol. The maximum atomic E-state index is 12.1. The molecule has 1 aliphatic heterocycles. The van der Waals surface area contributed by atoms with Crippen molar-refractivity contribution in [2.45, 2.75) is 31.0 Å². The molecule has 2 heterocycles. The van der Waals surface area contributed by atoms with Gasteiger partial charge in [0.05, 0.1) is 0 Å². The van der Waals surface area contributed by atoms with Gasteiger partial charge in [-0.25, -0.2) is 9.78 Å². The molecule has 0 aliphatic carbocycles. The lowest BCUT2D eigenvalue weighted by Crippen LogP contribution is -2.32. The Balaban J connectivity index is 1.49. The number of urea groups is 1. The van der Waals surface area contributed by atoms with E-state index in [1.165, 1.54) is 0 Å². The quantitative estimate of drug-likeness (QED) is 0.603. The van der Waals surface area contributed by atoms with Gasteiger partial charge in [-0.3, -0.25) is 4.79 Å². The topological polar surface area (TPSA) is 79.3 Å². The number of carbonyl (C=O) groups excluding carboxylic acids is 2. The summed E-state index contributed by atoms with van der Waals surface area (Å²) < 4.78 is 1.94. The fourth-order valence-corrected chi connectivity index (χ4v) is 3.72. The monoisotopic (exact) mass is 373 g/mol. The second-order valence-electron chi connectivity index (χ2n) is 6.25. The van der Waals surface area contributed by atoms with Gasteiger partial charge in [-0.05, 0) is 31.5 Å². The number of thioether (sulfide) groups is 1. The molecule has 0 spiro atoms. The highest BCUT2D eigenvalue weighted by molar-refractivity contribution is 7.99. The van der Waals surface area contributed by atoms with Crippen LogP contribution in [0.25, 0.3) is 0 Å². The van der Waals surface area contributed by atoms with Gasteiger partial charge in [0, 0.05) is 55.6 Å². The summed E-state index contributed by atoms with van der Waals surface area (Å²) in [6.07, 6.45) is 5.08. The molecule has 138 valence electrons. The third kappa shape index (κ3) is 4.37. The summed E-state index contributed by atoms with van der Waals surface area (Å²) in [7, 11) is 1.94. The maximum absolute atomic E-state index is 12.1. The molecule has 7 nitrogen and oxygen atoms in total. The second-order valence-corrected chi connectivity index (χ2v) is 7.31. The smallest absolute Gasteiger partial charge is 0.319 e. The van der Waals surface area contributed by atoms with Gasteiger partial charge in [0.2, 0.25) is 5.91 Å². The summed E-state index contributed by atoms with van der Waals surface area (Å²) in [5.74, 6) is 0.864. The Morgan fingerprint density at radius 3 is 2.96 bits per heavy atom. The number of carbonyl (C=O) groups is 2. The van der Waals surface area contributed by atoms with Crippen molar-refractivity contribution in [1.29, 1.82) is 0 Å². The van der Waals surface area contributed by atoms with Crippen molar-refractivity contribution >= 4 is 35.1 Å². The first kappa shape index (κ1) is 18.3. The molecule has 1 atom stereocenters. The molecule has 1 aliphatic rings. The summed E-state index contributed by atoms with van der Waals surface area (Å²) in [4.78, 5) is 30.1. The molecule has 0 saturated carbocycles. The van der Waals surface area contributed by atoms with E-state index in [0.717, 1.165) is 23.0 Å². The number of aryl methyl sites for hydroxylation is 1. The van der Waals surface area contributed by atoms with Crippen molar-refractivity contribution in [3.8, 4) is 0 Å². The van der Waals surface area contributed by atoms with Crippen molar-refractivity contribution in [3.05, 3.63) is 36.7 Å². The average Bonchev–Trinajstić information content (AvgIpc) is 3.17. The number of amides is 3. The van der Waals surface area contributed by atoms with E-state index in [2.05, 4.69) is 15.6 Å². The zero-order chi connectivity index (χ0) is 18.5. The first-order chi connectivity index (χ1) is 12.5. The number of hydrogen-bond donors (Lipinski definition) is 2. The standard InChI is InChI=1S/C18H23N5O2S/c1-13-6-7-16(24)23(13)15-5-3-4-14(12-15)21-17(25)19-9-11-26-18-20-8-10-22(18)2/h3-5,8,10,12-13H,6-7,9,11H2,1-2H3,(H2,19,21,25). The molecular formula is C18H23N5O2S. The van der Waals surface area contributed by atoms with Gasteiger partial charge in [-0.2, -0.15) is 0 Å². The van der Waals surface area contributed by atoms with Crippen LogP contribution < -0.4 is 15.5 Å². The summed E-state index contributed by atoms with van der Waals surface area (Å²) in [5.41, 5.74) is 1.49. The van der Waals surface area contributed by atoms with Gasteiger partial charge in [-0.15, -0.1) is 0 Å². The van der Waals surface area contributed by atoms with E-state index in [1.54, 1.807) is 22.9 Å². The minimum absolute atomic E-state index is 0.130. The Labute approximate surface area is 157 Å². The fourth-order valence-electron chi connectivity index (χ4n) is 2.93. The van der Waals surface area contributed by atoms with Crippen LogP contribution in [0.2, 0.25) is 0 Å². The number of nitrogens with one attached hydrogen (secondary N) is 2. The lowest BCUT2D eigenvalue weighted by atomic mass is 10.2. The zero-order valence-corrected chi connectivity index (χ0v) is 15.8. The van der Waals surface area contributed by atoms with Crippen LogP contribution >= 0.6 is 11.8 Å². The molecule has 1 saturated heterocycles. The van der Waals surface area contributed by atoms with Crippen LogP contribution in [0.3, 0.4) is 0 Å². The van der Waals surface area contributed by atoms with E-state index in [0.29, 0.717) is 18.7 Å². The van der Waals surface area contributed by atoms with Crippen molar-refractivity contribution in [2.75, 3.05) is 22.5 Å². The fraction of sp³-hybridized carbons (Fsp3) is 0.389. The van der Waals surface area contributed by atoms with Crippen molar-refractivity contribution in [1.82, 2.24) is 14.9 Å². The molecule has 0 bridgehead atoms. The third-order valence-electron chi connectivity index (χ3n) is 4.26. The maximum Gasteiger partial charge on any atom is 0.319 e. The molecule has 0 radical (unpaired) electrons. The number of imidazole rings is 1. The Morgan fingerprint density at radius 2 is 2.27 bits per heavy atom. The summed E-state index contributed by atoms with van der Waals surface area (Å²) in [6, 6.07) is 7.32. The minimum atomic E-state index is -0.261. The van der Waals surface area contributed by atoms with Crippen LogP contribution in [-0.2, 0) is 11.8 Å². The van der Waals surface area contributed by atoms with Crippen LogP contribution in [0.5, 0.6) is 0 Å². The predicted octanol–water partition coefficient (Wildman–Crippen LogP) is 2.85. The van der Waals surface area contributed by atoms with Gasteiger partial charge in [-0.1, -0.05) is 17.8 Å². The number of anilines is 2. The van der Waals surface area contributed by atoms with Crippen LogP contribution in [0.15, 0.2) is 41.8 Å². The van der Waals surface area contributed by atoms with E-state index in [4.69, 9.17) is 0 Å². The van der Waals surface area contributed by atoms with Crippen molar-refractivity contribution in [3.63, 3.8) is 0 Å². The molecule has 1 fully saturated rings. The number of nitrogens with zero attached hydrogens (tertiary/aromatic N) is 3. The highest BCUT2D eigenvalue weighted by atomic mass is 32.2. The van der Waals surface area contributed by atoms with E-state index in [1.807, 2.05) is 49.0 Å². The first-order valence-corrected chi connectivity index (χ1v) is 9.60. The number of benzene rings is 1. The highest BCUT2D eigenvalue weighted by Crippen LogP contribution is 2.28. The lowest BCUT2D eigenvalue weighted by Gasteiger charge is -2.22. The Morgan fingerprint density at radius 1 is 1.42 bits per heavy atom. The molecule has 26 heavy (non-hydrogen) atoms. The van der Waals surface area contributed by atoms with Gasteiger partial charge in [0.1, 0.15) is 0 Å². The molecule has 8 heteroatoms. The molecule has 3 amide bonds. The Kier molecular flexibility index (Phi) is 5.82. The summed E-state index contributed by atoms with van der Waals surface area (Å²) in [6.45, 7) is 2.57. The number of rotatable bonds is 6. The Bertz CT molecular complexity index is 791. The van der Waals surface area contributed by atoms with Crippen molar-refractivity contribution in [2.24, 2.45) is 7.05 Å². The van der Waals surface area contributed by atoms with Gasteiger partial charge in [0.15, 0.2) is 5.16 Å². The summed E-state index contributed by atoms with van der Waals surface area (Å²) in [5, 5.41) is 6.57. The van der Waals surface area contributed by atoms with Crippen molar-refractivity contribution < 1.29 is 9.59 Å². The predicted molar refractivity (Wildman–Crippen MR) is 104 cm³/mol. The number of aromatic nitrogens is 2. The Hall–Kier alpha value is -2.48. The van der Waals surface area contributed by atoms with Gasteiger partial charge >= 0.3 is 6.03 Å². The summed E-state index contributed by atoms with van der Waals surface area (Å²) >= 11 is 1.59. The van der Waals surface area contributed by atoms with E-state index in [9.17, 15) is 9.59 Å². The van der Waals surface area contributed by atoms with Crippen LogP contribution in [0.1, 0.15) is 19.8 Å². The third-order valence-corrected chi connectivity index (χ3v) is 5.32. The van der Waals surface area contributed by atoms with Gasteiger partial charge < -0.3 is 20.1 Å². The van der Waals surface area contributed by atoms with Crippen LogP contribution in [0.4, 0.5) is 16.2 Å². The molecule has 2 aromatic rings. The van der Waals surface area contributed by atoms with E-state index in [-0.39, 0.29) is 18.0 Å². The van der Waals surface area contributed by atoms with Crippen LogP contribution in [0, 0.1) is 0 Å². The molecule has 1 aromatic carbocycles. The molecule has 3 rings (SSSR count). The minimum Gasteiger partial charge on any atom is -0.337 e. The zero-order valence-electron chi connectivity index (χ0n) is 14.9. The molecule has 2 N–H and O–H groups in total. The second kappa shape index (κ2) is 8.27. The largest absolute Gasteiger partial charge is 0.337 e. The molecule has 1 aromatic heterocycles. The SMILES string of the molecule is CC1CCC(=O)N1c1cccc(NC(=O)NCCSc2nccn2C)c1. The van der Waals surface area contributed by atoms with Crippen LogP contribution in [-0.4, -0.2) is 39.8 Å². The highest BCUT2D eigenvalue weighted by Gasteiger charge is 2.28. The lowest BCUT2D eigenvalue weighted by molar-refractivity contribution is -0.117. The number of hydrogen-bond acceptors (Lipinski definition) is 4. The molecule has 1 unspecified atom stereocenters. The van der Waals surface area contributed by atoms with E-state index >= 15 is 0 Å². The van der Waals surface area contributed by atoms with Gasteiger partial charge in [0.25, 0.3) is 0 Å².